The molecule has 2 rings (SSSR count). The third kappa shape index (κ3) is 4.52. The minimum atomic E-state index is 0.503. The van der Waals surface area contributed by atoms with E-state index in [0.717, 1.165) is 18.8 Å². The van der Waals surface area contributed by atoms with E-state index in [4.69, 9.17) is 4.98 Å². The number of nitrogens with one attached hydrogen (secondary N) is 1. The van der Waals surface area contributed by atoms with Gasteiger partial charge in [0.1, 0.15) is 0 Å². The van der Waals surface area contributed by atoms with E-state index in [2.05, 4.69) is 56.1 Å². The summed E-state index contributed by atoms with van der Waals surface area (Å²) < 4.78 is 0. The van der Waals surface area contributed by atoms with Crippen molar-refractivity contribution in [3.63, 3.8) is 0 Å². The SMILES string of the molecule is CCC1(CC)CCN(Cc2cccc(CNC(C)C)n2)C1. The Bertz CT molecular complexity index is 438. The van der Waals surface area contributed by atoms with Gasteiger partial charge in [0, 0.05) is 25.7 Å². The van der Waals surface area contributed by atoms with Gasteiger partial charge in [-0.25, -0.2) is 0 Å². The highest BCUT2D eigenvalue weighted by atomic mass is 15.2. The predicted molar refractivity (Wildman–Crippen MR) is 89.1 cm³/mol. The van der Waals surface area contributed by atoms with Gasteiger partial charge in [0.05, 0.1) is 11.4 Å². The molecule has 2 heterocycles. The Morgan fingerprint density at radius 2 is 1.95 bits per heavy atom. The van der Waals surface area contributed by atoms with Crippen molar-refractivity contribution >= 4 is 0 Å². The topological polar surface area (TPSA) is 28.2 Å². The fraction of sp³-hybridized carbons (Fsp3) is 0.722. The lowest BCUT2D eigenvalue weighted by Gasteiger charge is -2.26. The molecule has 0 bridgehead atoms. The second kappa shape index (κ2) is 7.37. The first-order chi connectivity index (χ1) is 10.1. The second-order valence-electron chi connectivity index (χ2n) is 6.82. The van der Waals surface area contributed by atoms with Crippen LogP contribution >= 0.6 is 0 Å². The molecule has 0 spiro atoms. The van der Waals surface area contributed by atoms with Crippen LogP contribution in [0.15, 0.2) is 18.2 Å². The van der Waals surface area contributed by atoms with E-state index in [0.29, 0.717) is 11.5 Å². The molecule has 0 saturated carbocycles. The zero-order chi connectivity index (χ0) is 15.3. The van der Waals surface area contributed by atoms with E-state index in [1.165, 1.54) is 38.0 Å². The van der Waals surface area contributed by atoms with Gasteiger partial charge in [-0.2, -0.15) is 0 Å². The minimum Gasteiger partial charge on any atom is -0.309 e. The van der Waals surface area contributed by atoms with E-state index < -0.39 is 0 Å². The molecule has 3 nitrogen and oxygen atoms in total. The van der Waals surface area contributed by atoms with Crippen molar-refractivity contribution in [1.82, 2.24) is 15.2 Å². The lowest BCUT2D eigenvalue weighted by Crippen LogP contribution is -2.26. The van der Waals surface area contributed by atoms with Crippen LogP contribution < -0.4 is 5.32 Å². The molecular weight excluding hydrogens is 258 g/mol. The van der Waals surface area contributed by atoms with Gasteiger partial charge in [0.25, 0.3) is 0 Å². The molecule has 1 fully saturated rings. The van der Waals surface area contributed by atoms with Gasteiger partial charge in [-0.1, -0.05) is 33.8 Å². The molecule has 1 saturated heterocycles. The molecule has 1 N–H and O–H groups in total. The molecule has 1 aliphatic rings. The van der Waals surface area contributed by atoms with Gasteiger partial charge in [0.2, 0.25) is 0 Å². The van der Waals surface area contributed by atoms with Crippen LogP contribution in [0.4, 0.5) is 0 Å². The van der Waals surface area contributed by atoms with E-state index in [-0.39, 0.29) is 0 Å². The Kier molecular flexibility index (Phi) is 5.77. The third-order valence-corrected chi connectivity index (χ3v) is 4.96. The molecule has 0 unspecified atom stereocenters. The molecule has 0 aromatic carbocycles. The standard InChI is InChI=1S/C18H31N3/c1-5-18(6-2)10-11-21(14-18)13-17-9-7-8-16(20-17)12-19-15(3)4/h7-9,15,19H,5-6,10-14H2,1-4H3. The average Bonchev–Trinajstić information content (AvgIpc) is 2.89. The monoisotopic (exact) mass is 289 g/mol. The molecule has 118 valence electrons. The Labute approximate surface area is 130 Å². The first-order valence-corrected chi connectivity index (χ1v) is 8.47. The quantitative estimate of drug-likeness (QED) is 0.831. The first kappa shape index (κ1) is 16.4. The predicted octanol–water partition coefficient (Wildman–Crippen LogP) is 3.59. The smallest absolute Gasteiger partial charge is 0.0547 e. The van der Waals surface area contributed by atoms with Crippen molar-refractivity contribution in [2.24, 2.45) is 5.41 Å². The fourth-order valence-corrected chi connectivity index (χ4v) is 3.24. The van der Waals surface area contributed by atoms with E-state index >= 15 is 0 Å². The highest BCUT2D eigenvalue weighted by Gasteiger charge is 2.34. The maximum Gasteiger partial charge on any atom is 0.0547 e. The van der Waals surface area contributed by atoms with E-state index in [1.54, 1.807) is 0 Å². The van der Waals surface area contributed by atoms with Crippen LogP contribution in [0.25, 0.3) is 0 Å². The van der Waals surface area contributed by atoms with Crippen LogP contribution in [0.1, 0.15) is 58.3 Å². The molecule has 3 heteroatoms. The minimum absolute atomic E-state index is 0.503. The van der Waals surface area contributed by atoms with Crippen molar-refractivity contribution in [1.29, 1.82) is 0 Å². The second-order valence-corrected chi connectivity index (χ2v) is 6.82. The Morgan fingerprint density at radius 1 is 1.24 bits per heavy atom. The van der Waals surface area contributed by atoms with Gasteiger partial charge >= 0.3 is 0 Å². The van der Waals surface area contributed by atoms with Crippen molar-refractivity contribution in [2.45, 2.75) is 66.1 Å². The summed E-state index contributed by atoms with van der Waals surface area (Å²) in [7, 11) is 0. The normalized spacial score (nSPS) is 18.5. The molecule has 1 aromatic rings. The molecule has 0 radical (unpaired) electrons. The summed E-state index contributed by atoms with van der Waals surface area (Å²) in [5.41, 5.74) is 2.91. The summed E-state index contributed by atoms with van der Waals surface area (Å²) >= 11 is 0. The first-order valence-electron chi connectivity index (χ1n) is 8.47. The number of aromatic nitrogens is 1. The van der Waals surface area contributed by atoms with Gasteiger partial charge in [-0.3, -0.25) is 9.88 Å². The van der Waals surface area contributed by atoms with Crippen molar-refractivity contribution in [3.8, 4) is 0 Å². The molecule has 0 amide bonds. The highest BCUT2D eigenvalue weighted by Crippen LogP contribution is 2.37. The molecular formula is C18H31N3. The zero-order valence-electron chi connectivity index (χ0n) is 14.2. The summed E-state index contributed by atoms with van der Waals surface area (Å²) in [6.45, 7) is 13.3. The number of pyridine rings is 1. The lowest BCUT2D eigenvalue weighted by atomic mass is 9.82. The maximum atomic E-state index is 4.80. The summed E-state index contributed by atoms with van der Waals surface area (Å²) in [5.74, 6) is 0. The third-order valence-electron chi connectivity index (χ3n) is 4.96. The highest BCUT2D eigenvalue weighted by molar-refractivity contribution is 5.11. The molecule has 0 aliphatic carbocycles. The number of rotatable bonds is 7. The van der Waals surface area contributed by atoms with Crippen LogP contribution in [-0.2, 0) is 13.1 Å². The van der Waals surface area contributed by atoms with Crippen LogP contribution in [0, 0.1) is 5.41 Å². The number of likely N-dealkylation sites (tertiary alicyclic amines) is 1. The van der Waals surface area contributed by atoms with E-state index in [9.17, 15) is 0 Å². The van der Waals surface area contributed by atoms with Gasteiger partial charge < -0.3 is 5.32 Å². The van der Waals surface area contributed by atoms with Crippen molar-refractivity contribution in [3.05, 3.63) is 29.6 Å². The maximum absolute atomic E-state index is 4.80. The summed E-state index contributed by atoms with van der Waals surface area (Å²) in [5, 5.41) is 3.44. The van der Waals surface area contributed by atoms with Gasteiger partial charge in [-0.15, -0.1) is 0 Å². The lowest BCUT2D eigenvalue weighted by molar-refractivity contribution is 0.234. The fourth-order valence-electron chi connectivity index (χ4n) is 3.24. The number of hydrogen-bond donors (Lipinski definition) is 1. The molecule has 1 aliphatic heterocycles. The van der Waals surface area contributed by atoms with Crippen molar-refractivity contribution < 1.29 is 0 Å². The van der Waals surface area contributed by atoms with Crippen LogP contribution in [0.5, 0.6) is 0 Å². The Hall–Kier alpha value is -0.930. The van der Waals surface area contributed by atoms with E-state index in [1.807, 2.05) is 0 Å². The van der Waals surface area contributed by atoms with Gasteiger partial charge in [0.15, 0.2) is 0 Å². The Morgan fingerprint density at radius 3 is 2.57 bits per heavy atom. The molecule has 1 aromatic heterocycles. The number of hydrogen-bond acceptors (Lipinski definition) is 3. The Balaban J connectivity index is 1.93. The summed E-state index contributed by atoms with van der Waals surface area (Å²) in [6.07, 6.45) is 3.94. The van der Waals surface area contributed by atoms with Crippen LogP contribution in [0.2, 0.25) is 0 Å². The zero-order valence-corrected chi connectivity index (χ0v) is 14.2. The summed E-state index contributed by atoms with van der Waals surface area (Å²) in [4.78, 5) is 7.38. The molecule has 21 heavy (non-hydrogen) atoms. The summed E-state index contributed by atoms with van der Waals surface area (Å²) in [6, 6.07) is 6.92. The van der Waals surface area contributed by atoms with Crippen LogP contribution in [-0.4, -0.2) is 29.0 Å². The van der Waals surface area contributed by atoms with Crippen LogP contribution in [0.3, 0.4) is 0 Å². The largest absolute Gasteiger partial charge is 0.309 e. The van der Waals surface area contributed by atoms with Crippen molar-refractivity contribution in [2.75, 3.05) is 13.1 Å². The van der Waals surface area contributed by atoms with Gasteiger partial charge in [-0.05, 0) is 43.4 Å². The number of nitrogens with zero attached hydrogens (tertiary/aromatic N) is 2. The molecule has 0 atom stereocenters. The average molecular weight is 289 g/mol.